The van der Waals surface area contributed by atoms with Crippen LogP contribution < -0.4 is 4.90 Å². The third kappa shape index (κ3) is 3.91. The summed E-state index contributed by atoms with van der Waals surface area (Å²) in [5.74, 6) is -1.23. The Balaban J connectivity index is 1.83. The Morgan fingerprint density at radius 2 is 1.43 bits per heavy atom. The van der Waals surface area contributed by atoms with Crippen LogP contribution >= 0.6 is 23.4 Å². The molecule has 0 bridgehead atoms. The highest BCUT2D eigenvalue weighted by Crippen LogP contribution is 2.41. The van der Waals surface area contributed by atoms with Crippen molar-refractivity contribution in [2.75, 3.05) is 4.90 Å². The van der Waals surface area contributed by atoms with Crippen molar-refractivity contribution in [2.24, 2.45) is 0 Å². The van der Waals surface area contributed by atoms with E-state index in [1.165, 1.54) is 40.9 Å². The van der Waals surface area contributed by atoms with Crippen molar-refractivity contribution in [3.05, 3.63) is 99.2 Å². The van der Waals surface area contributed by atoms with Gasteiger partial charge < -0.3 is 0 Å². The number of amides is 2. The van der Waals surface area contributed by atoms with Gasteiger partial charge in [0.25, 0.3) is 11.8 Å². The zero-order valence-corrected chi connectivity index (χ0v) is 17.9. The summed E-state index contributed by atoms with van der Waals surface area (Å²) < 4.78 is 13.5. The Hall–Kier alpha value is -2.89. The number of benzene rings is 3. The monoisotopic (exact) mass is 437 g/mol. The molecule has 3 nitrogen and oxygen atoms in total. The molecule has 0 radical (unpaired) electrons. The van der Waals surface area contributed by atoms with Crippen molar-refractivity contribution in [2.45, 2.75) is 18.7 Å². The van der Waals surface area contributed by atoms with Crippen molar-refractivity contribution in [3.63, 3.8) is 0 Å². The maximum Gasteiger partial charge on any atom is 0.272 e. The zero-order valence-electron chi connectivity index (χ0n) is 16.3. The number of nitrogens with zero attached hydrogens (tertiary/aromatic N) is 1. The number of aryl methyl sites for hydroxylation is 2. The van der Waals surface area contributed by atoms with Gasteiger partial charge in [0.1, 0.15) is 5.82 Å². The SMILES string of the molecule is Cc1cc(C)cc(N2C(=O)C(Sc3ccc(Cl)cc3)=C(c3ccc(F)cc3)C2=O)c1. The van der Waals surface area contributed by atoms with Gasteiger partial charge in [0.05, 0.1) is 16.2 Å². The average Bonchev–Trinajstić information content (AvgIpc) is 2.93. The highest BCUT2D eigenvalue weighted by atomic mass is 35.5. The lowest BCUT2D eigenvalue weighted by atomic mass is 10.1. The minimum atomic E-state index is -0.423. The van der Waals surface area contributed by atoms with Gasteiger partial charge in [-0.05, 0) is 79.1 Å². The summed E-state index contributed by atoms with van der Waals surface area (Å²) in [7, 11) is 0. The molecule has 1 aliphatic rings. The predicted octanol–water partition coefficient (Wildman–Crippen LogP) is 6.17. The van der Waals surface area contributed by atoms with Gasteiger partial charge in [0.15, 0.2) is 0 Å². The van der Waals surface area contributed by atoms with Crippen LogP contribution in [-0.2, 0) is 9.59 Å². The van der Waals surface area contributed by atoms with Crippen molar-refractivity contribution in [1.82, 2.24) is 0 Å². The smallest absolute Gasteiger partial charge is 0.268 e. The lowest BCUT2D eigenvalue weighted by Gasteiger charge is -2.16. The molecule has 0 fully saturated rings. The third-order valence-electron chi connectivity index (χ3n) is 4.67. The van der Waals surface area contributed by atoms with Crippen LogP contribution in [0.5, 0.6) is 0 Å². The van der Waals surface area contributed by atoms with E-state index in [0.717, 1.165) is 16.0 Å². The van der Waals surface area contributed by atoms with Crippen LogP contribution in [0.3, 0.4) is 0 Å². The molecule has 1 aliphatic heterocycles. The van der Waals surface area contributed by atoms with E-state index in [-0.39, 0.29) is 5.57 Å². The number of halogens is 2. The second-order valence-electron chi connectivity index (χ2n) is 7.06. The molecule has 0 N–H and O–H groups in total. The van der Waals surface area contributed by atoms with Crippen LogP contribution in [0.25, 0.3) is 5.57 Å². The first-order valence-electron chi connectivity index (χ1n) is 9.24. The maximum absolute atomic E-state index is 13.5. The lowest BCUT2D eigenvalue weighted by molar-refractivity contribution is -0.119. The molecule has 1 heterocycles. The summed E-state index contributed by atoms with van der Waals surface area (Å²) in [6.07, 6.45) is 0. The molecule has 2 amide bonds. The van der Waals surface area contributed by atoms with Crippen molar-refractivity contribution >= 4 is 46.4 Å². The Bertz CT molecular complexity index is 1170. The summed E-state index contributed by atoms with van der Waals surface area (Å²) in [5, 5.41) is 0.581. The molecule has 0 atom stereocenters. The minimum absolute atomic E-state index is 0.263. The molecular weight excluding hydrogens is 421 g/mol. The molecule has 0 aliphatic carbocycles. The Morgan fingerprint density at radius 1 is 0.833 bits per heavy atom. The topological polar surface area (TPSA) is 37.4 Å². The molecule has 0 saturated carbocycles. The summed E-state index contributed by atoms with van der Waals surface area (Å²) in [6.45, 7) is 3.83. The van der Waals surface area contributed by atoms with Gasteiger partial charge in [-0.25, -0.2) is 9.29 Å². The van der Waals surface area contributed by atoms with E-state index < -0.39 is 17.6 Å². The van der Waals surface area contributed by atoms with Crippen molar-refractivity contribution in [3.8, 4) is 0 Å². The molecule has 4 rings (SSSR count). The van der Waals surface area contributed by atoms with Crippen LogP contribution in [0.15, 0.2) is 76.5 Å². The number of anilines is 1. The fourth-order valence-corrected chi connectivity index (χ4v) is 4.53. The standard InChI is InChI=1S/C24H17ClFNO2S/c1-14-11-15(2)13-19(12-14)27-23(28)21(16-3-7-18(26)8-4-16)22(24(27)29)30-20-9-5-17(25)6-10-20/h3-13H,1-2H3. The van der Waals surface area contributed by atoms with Crippen LogP contribution in [0.1, 0.15) is 16.7 Å². The van der Waals surface area contributed by atoms with Crippen molar-refractivity contribution in [1.29, 1.82) is 0 Å². The van der Waals surface area contributed by atoms with Gasteiger partial charge in [-0.2, -0.15) is 0 Å². The van der Waals surface area contributed by atoms with Gasteiger partial charge >= 0.3 is 0 Å². The number of imide groups is 1. The van der Waals surface area contributed by atoms with Crippen molar-refractivity contribution < 1.29 is 14.0 Å². The largest absolute Gasteiger partial charge is 0.272 e. The summed E-state index contributed by atoms with van der Waals surface area (Å²) in [4.78, 5) is 29.1. The van der Waals surface area contributed by atoms with E-state index in [1.807, 2.05) is 19.9 Å². The third-order valence-corrected chi connectivity index (χ3v) is 6.02. The minimum Gasteiger partial charge on any atom is -0.268 e. The molecule has 150 valence electrons. The number of carbonyl (C=O) groups is 2. The Labute approximate surface area is 183 Å². The van der Waals surface area contributed by atoms with Gasteiger partial charge in [0.2, 0.25) is 0 Å². The van der Waals surface area contributed by atoms with Crippen LogP contribution in [-0.4, -0.2) is 11.8 Å². The van der Waals surface area contributed by atoms with E-state index in [2.05, 4.69) is 0 Å². The van der Waals surface area contributed by atoms with Gasteiger partial charge in [-0.1, -0.05) is 41.6 Å². The summed E-state index contributed by atoms with van der Waals surface area (Å²) in [6, 6.07) is 18.2. The molecule has 6 heteroatoms. The number of carbonyl (C=O) groups excluding carboxylic acids is 2. The van der Waals surface area contributed by atoms with Crippen LogP contribution in [0.4, 0.5) is 10.1 Å². The van der Waals surface area contributed by atoms with Crippen LogP contribution in [0.2, 0.25) is 5.02 Å². The summed E-state index contributed by atoms with van der Waals surface area (Å²) >= 11 is 7.17. The van der Waals surface area contributed by atoms with Gasteiger partial charge in [-0.3, -0.25) is 9.59 Å². The molecule has 0 spiro atoms. The quantitative estimate of drug-likeness (QED) is 0.458. The predicted molar refractivity (Wildman–Crippen MR) is 119 cm³/mol. The molecule has 0 aromatic heterocycles. The number of hydrogen-bond acceptors (Lipinski definition) is 3. The van der Waals surface area contributed by atoms with Gasteiger partial charge in [0, 0.05) is 9.92 Å². The average molecular weight is 438 g/mol. The summed E-state index contributed by atoms with van der Waals surface area (Å²) in [5.41, 5.74) is 3.19. The lowest BCUT2D eigenvalue weighted by Crippen LogP contribution is -2.31. The molecule has 0 saturated heterocycles. The second kappa shape index (κ2) is 8.09. The maximum atomic E-state index is 13.5. The zero-order chi connectivity index (χ0) is 21.4. The first kappa shape index (κ1) is 20.4. The Kier molecular flexibility index (Phi) is 5.50. The Morgan fingerprint density at radius 3 is 2.03 bits per heavy atom. The highest BCUT2D eigenvalue weighted by molar-refractivity contribution is 8.04. The number of hydrogen-bond donors (Lipinski definition) is 0. The molecular formula is C24H17ClFNO2S. The fraction of sp³-hybridized carbons (Fsp3) is 0.0833. The molecule has 3 aromatic carbocycles. The second-order valence-corrected chi connectivity index (χ2v) is 8.58. The van der Waals surface area contributed by atoms with E-state index in [4.69, 9.17) is 11.6 Å². The van der Waals surface area contributed by atoms with Gasteiger partial charge in [-0.15, -0.1) is 0 Å². The normalized spacial score (nSPS) is 14.1. The number of thioether (sulfide) groups is 1. The van der Waals surface area contributed by atoms with E-state index in [0.29, 0.717) is 21.2 Å². The van der Waals surface area contributed by atoms with E-state index in [1.54, 1.807) is 36.4 Å². The highest BCUT2D eigenvalue weighted by Gasteiger charge is 2.40. The van der Waals surface area contributed by atoms with E-state index in [9.17, 15) is 14.0 Å². The van der Waals surface area contributed by atoms with E-state index >= 15 is 0 Å². The van der Waals surface area contributed by atoms with Crippen LogP contribution in [0, 0.1) is 19.7 Å². The fourth-order valence-electron chi connectivity index (χ4n) is 3.41. The number of rotatable bonds is 4. The first-order chi connectivity index (χ1) is 14.3. The first-order valence-corrected chi connectivity index (χ1v) is 10.4. The molecule has 30 heavy (non-hydrogen) atoms. The molecule has 0 unspecified atom stereocenters. The molecule has 3 aromatic rings.